The smallest absolute Gasteiger partial charge is 0.104 e. The van der Waals surface area contributed by atoms with Crippen LogP contribution in [0.1, 0.15) is 11.1 Å². The van der Waals surface area contributed by atoms with Gasteiger partial charge in [0.2, 0.25) is 0 Å². The van der Waals surface area contributed by atoms with Gasteiger partial charge in [-0.15, -0.1) is 0 Å². The Bertz CT molecular complexity index is 695. The minimum Gasteiger partial charge on any atom is -0.396 e. The zero-order valence-corrected chi connectivity index (χ0v) is 10.8. The van der Waals surface area contributed by atoms with Gasteiger partial charge in [-0.3, -0.25) is 4.98 Å². The number of halogens is 1. The van der Waals surface area contributed by atoms with Crippen LogP contribution in [0.15, 0.2) is 34.9 Å². The van der Waals surface area contributed by atoms with E-state index in [0.717, 1.165) is 10.0 Å². The number of nitriles is 2. The third-order valence-corrected chi connectivity index (χ3v) is 2.94. The van der Waals surface area contributed by atoms with Crippen LogP contribution in [0.25, 0.3) is 11.3 Å². The molecule has 2 N–H and O–H groups in total. The third kappa shape index (κ3) is 2.04. The first kappa shape index (κ1) is 12.1. The molecule has 0 fully saturated rings. The predicted octanol–water partition coefficient (Wildman–Crippen LogP) is 2.84. The van der Waals surface area contributed by atoms with E-state index in [0.29, 0.717) is 5.69 Å². The maximum Gasteiger partial charge on any atom is 0.104 e. The molecule has 2 aromatic rings. The second kappa shape index (κ2) is 4.87. The summed E-state index contributed by atoms with van der Waals surface area (Å²) in [6.45, 7) is 0. The Morgan fingerprint density at radius 1 is 1.22 bits per heavy atom. The Kier molecular flexibility index (Phi) is 3.27. The fraction of sp³-hybridized carbons (Fsp3) is 0. The minimum atomic E-state index is 0.171. The van der Waals surface area contributed by atoms with Crippen molar-refractivity contribution in [2.75, 3.05) is 5.73 Å². The second-order valence-corrected chi connectivity index (χ2v) is 4.46. The molecule has 0 aliphatic carbocycles. The normalized spacial score (nSPS) is 9.50. The van der Waals surface area contributed by atoms with Gasteiger partial charge in [-0.1, -0.05) is 28.1 Å². The SMILES string of the molecule is N#Cc1cnc(-c2cccc(Br)c2)c(C#N)c1N. The van der Waals surface area contributed by atoms with Crippen molar-refractivity contribution in [3.05, 3.63) is 46.1 Å². The van der Waals surface area contributed by atoms with Crippen molar-refractivity contribution in [3.63, 3.8) is 0 Å². The lowest BCUT2D eigenvalue weighted by atomic mass is 10.0. The van der Waals surface area contributed by atoms with E-state index in [1.165, 1.54) is 6.20 Å². The van der Waals surface area contributed by atoms with Gasteiger partial charge < -0.3 is 5.73 Å². The molecule has 0 aliphatic rings. The highest BCUT2D eigenvalue weighted by atomic mass is 79.9. The van der Waals surface area contributed by atoms with Gasteiger partial charge in [0.25, 0.3) is 0 Å². The predicted molar refractivity (Wildman–Crippen MR) is 71.2 cm³/mol. The van der Waals surface area contributed by atoms with Crippen LogP contribution in [0.3, 0.4) is 0 Å². The zero-order chi connectivity index (χ0) is 13.1. The highest BCUT2D eigenvalue weighted by Crippen LogP contribution is 2.28. The minimum absolute atomic E-state index is 0.171. The van der Waals surface area contributed by atoms with E-state index in [1.807, 2.05) is 36.4 Å². The molecule has 86 valence electrons. The number of nitrogens with zero attached hydrogens (tertiary/aromatic N) is 3. The number of nitrogens with two attached hydrogens (primary N) is 1. The van der Waals surface area contributed by atoms with Gasteiger partial charge in [-0.2, -0.15) is 10.5 Å². The van der Waals surface area contributed by atoms with Gasteiger partial charge in [-0.25, -0.2) is 0 Å². The fourth-order valence-corrected chi connectivity index (χ4v) is 1.98. The number of pyridine rings is 1. The van der Waals surface area contributed by atoms with Crippen molar-refractivity contribution in [2.24, 2.45) is 0 Å². The van der Waals surface area contributed by atoms with E-state index in [1.54, 1.807) is 0 Å². The van der Waals surface area contributed by atoms with Crippen LogP contribution < -0.4 is 5.73 Å². The molecule has 4 nitrogen and oxygen atoms in total. The Balaban J connectivity index is 2.71. The molecule has 5 heteroatoms. The molecular formula is C13H7BrN4. The van der Waals surface area contributed by atoms with Crippen LogP contribution in [-0.2, 0) is 0 Å². The number of nitrogen functional groups attached to an aromatic ring is 1. The van der Waals surface area contributed by atoms with Crippen LogP contribution in [0, 0.1) is 22.7 Å². The molecule has 0 spiro atoms. The largest absolute Gasteiger partial charge is 0.396 e. The number of rotatable bonds is 1. The summed E-state index contributed by atoms with van der Waals surface area (Å²) in [7, 11) is 0. The average molecular weight is 299 g/mol. The van der Waals surface area contributed by atoms with Crippen molar-refractivity contribution < 1.29 is 0 Å². The highest BCUT2D eigenvalue weighted by molar-refractivity contribution is 9.10. The Hall–Kier alpha value is -2.37. The summed E-state index contributed by atoms with van der Waals surface area (Å²) in [5.41, 5.74) is 7.65. The summed E-state index contributed by atoms with van der Waals surface area (Å²) in [5, 5.41) is 18.0. The van der Waals surface area contributed by atoms with Crippen molar-refractivity contribution in [1.29, 1.82) is 10.5 Å². The summed E-state index contributed by atoms with van der Waals surface area (Å²) in [4.78, 5) is 4.15. The molecule has 0 atom stereocenters. The van der Waals surface area contributed by atoms with Crippen molar-refractivity contribution in [2.45, 2.75) is 0 Å². The maximum atomic E-state index is 9.16. The number of aromatic nitrogens is 1. The van der Waals surface area contributed by atoms with Crippen LogP contribution in [0.4, 0.5) is 5.69 Å². The van der Waals surface area contributed by atoms with Gasteiger partial charge in [0.05, 0.1) is 16.9 Å². The van der Waals surface area contributed by atoms with Gasteiger partial charge in [-0.05, 0) is 12.1 Å². The van der Waals surface area contributed by atoms with Gasteiger partial charge >= 0.3 is 0 Å². The summed E-state index contributed by atoms with van der Waals surface area (Å²) >= 11 is 3.36. The Morgan fingerprint density at radius 3 is 2.61 bits per heavy atom. The molecule has 0 saturated heterocycles. The molecule has 0 saturated carbocycles. The van der Waals surface area contributed by atoms with Crippen molar-refractivity contribution in [1.82, 2.24) is 4.98 Å². The molecule has 1 aromatic heterocycles. The first-order chi connectivity index (χ1) is 8.67. The summed E-state index contributed by atoms with van der Waals surface area (Å²) < 4.78 is 0.883. The number of benzene rings is 1. The van der Waals surface area contributed by atoms with E-state index in [-0.39, 0.29) is 16.8 Å². The van der Waals surface area contributed by atoms with Crippen LogP contribution >= 0.6 is 15.9 Å². The number of anilines is 1. The Morgan fingerprint density at radius 2 is 2.00 bits per heavy atom. The van der Waals surface area contributed by atoms with Gasteiger partial charge in [0, 0.05) is 16.2 Å². The molecule has 0 aliphatic heterocycles. The second-order valence-electron chi connectivity index (χ2n) is 3.54. The van der Waals surface area contributed by atoms with Crippen LogP contribution in [0.2, 0.25) is 0 Å². The molecule has 2 rings (SSSR count). The van der Waals surface area contributed by atoms with E-state index >= 15 is 0 Å². The van der Waals surface area contributed by atoms with Gasteiger partial charge in [0.15, 0.2) is 0 Å². The third-order valence-electron chi connectivity index (χ3n) is 2.45. The van der Waals surface area contributed by atoms with Crippen molar-refractivity contribution in [3.8, 4) is 23.4 Å². The van der Waals surface area contributed by atoms with Crippen LogP contribution in [0.5, 0.6) is 0 Å². The van der Waals surface area contributed by atoms with Crippen molar-refractivity contribution >= 4 is 21.6 Å². The highest BCUT2D eigenvalue weighted by Gasteiger charge is 2.13. The molecule has 0 unspecified atom stereocenters. The standard InChI is InChI=1S/C13H7BrN4/c14-10-3-1-2-8(4-10)13-11(6-16)12(17)9(5-15)7-18-13/h1-4,7H,(H2,17,18). The fourth-order valence-electron chi connectivity index (χ4n) is 1.58. The molecule has 1 heterocycles. The summed E-state index contributed by atoms with van der Waals surface area (Å²) in [5.74, 6) is 0. The number of hydrogen-bond donors (Lipinski definition) is 1. The molecule has 0 bridgehead atoms. The first-order valence-electron chi connectivity index (χ1n) is 5.02. The Labute approximate surface area is 112 Å². The monoisotopic (exact) mass is 298 g/mol. The van der Waals surface area contributed by atoms with Gasteiger partial charge in [0.1, 0.15) is 17.7 Å². The quantitative estimate of drug-likeness (QED) is 0.877. The number of hydrogen-bond acceptors (Lipinski definition) is 4. The molecule has 0 amide bonds. The van der Waals surface area contributed by atoms with Crippen LogP contribution in [-0.4, -0.2) is 4.98 Å². The first-order valence-corrected chi connectivity index (χ1v) is 5.81. The maximum absolute atomic E-state index is 9.16. The summed E-state index contributed by atoms with van der Waals surface area (Å²) in [6.07, 6.45) is 1.38. The molecule has 1 aromatic carbocycles. The van der Waals surface area contributed by atoms with E-state index in [2.05, 4.69) is 20.9 Å². The topological polar surface area (TPSA) is 86.5 Å². The van der Waals surface area contributed by atoms with E-state index in [4.69, 9.17) is 16.3 Å². The average Bonchev–Trinajstić information content (AvgIpc) is 2.38. The lowest BCUT2D eigenvalue weighted by Gasteiger charge is -2.07. The summed E-state index contributed by atoms with van der Waals surface area (Å²) in [6, 6.07) is 11.3. The lowest BCUT2D eigenvalue weighted by molar-refractivity contribution is 1.28. The van der Waals surface area contributed by atoms with E-state index in [9.17, 15) is 0 Å². The lowest BCUT2D eigenvalue weighted by Crippen LogP contribution is -2.00. The zero-order valence-electron chi connectivity index (χ0n) is 9.18. The van der Waals surface area contributed by atoms with E-state index < -0.39 is 0 Å². The molecule has 0 radical (unpaired) electrons. The molecule has 18 heavy (non-hydrogen) atoms. The molecular weight excluding hydrogens is 292 g/mol.